The van der Waals surface area contributed by atoms with Gasteiger partial charge in [0.05, 0.1) is 58.9 Å². The molecule has 0 saturated carbocycles. The average Bonchev–Trinajstić information content (AvgIpc) is 2.83. The number of nitrogens with zero attached hydrogens (tertiary/aromatic N) is 1. The van der Waals surface area contributed by atoms with E-state index in [-0.39, 0.29) is 37.0 Å². The van der Waals surface area contributed by atoms with Crippen molar-refractivity contribution >= 4 is 50.7 Å². The number of ether oxygens (including phenoxy) is 2. The highest BCUT2D eigenvalue weighted by Gasteiger charge is 2.43. The molecule has 2 aliphatic heterocycles. The molecule has 2 saturated heterocycles. The summed E-state index contributed by atoms with van der Waals surface area (Å²) in [5.41, 5.74) is 0.817. The first kappa shape index (κ1) is 27.6. The van der Waals surface area contributed by atoms with Crippen molar-refractivity contribution in [3.63, 3.8) is 0 Å². The highest BCUT2D eigenvalue weighted by molar-refractivity contribution is 7.89. The van der Waals surface area contributed by atoms with E-state index in [2.05, 4.69) is 5.32 Å². The summed E-state index contributed by atoms with van der Waals surface area (Å²) in [6, 6.07) is 10.5. The van der Waals surface area contributed by atoms with Crippen LogP contribution in [0.4, 0.5) is 0 Å². The molecule has 2 aromatic rings. The maximum absolute atomic E-state index is 13.5. The second-order valence-corrected chi connectivity index (χ2v) is 12.0. The molecule has 2 aromatic carbocycles. The number of nitrogens with one attached hydrogen (secondary N) is 1. The lowest BCUT2D eigenvalue weighted by Crippen LogP contribution is -2.57. The maximum atomic E-state index is 13.5. The Balaban J connectivity index is 1.42. The number of fused-ring (bicyclic) bond motifs is 1. The minimum Gasteiger partial charge on any atom is -0.389 e. The monoisotopic (exact) mass is 576 g/mol. The van der Waals surface area contributed by atoms with E-state index < -0.39 is 34.4 Å². The number of aliphatic hydroxyl groups is 1. The van der Waals surface area contributed by atoms with Crippen molar-refractivity contribution in [1.29, 1.82) is 0 Å². The Hall–Kier alpha value is -1.43. The first-order chi connectivity index (χ1) is 17.1. The topological polar surface area (TPSA) is 105 Å². The molecular formula is C24H27Cl3N2O6S. The molecule has 12 heteroatoms. The molecule has 1 amide bonds. The van der Waals surface area contributed by atoms with Crippen molar-refractivity contribution in [2.45, 2.75) is 55.1 Å². The van der Waals surface area contributed by atoms with Gasteiger partial charge in [0.25, 0.3) is 0 Å². The number of sulfonamides is 1. The van der Waals surface area contributed by atoms with Crippen molar-refractivity contribution in [2.75, 3.05) is 19.8 Å². The number of carbonyl (C=O) groups excluding carboxylic acids is 1. The third-order valence-corrected chi connectivity index (χ3v) is 9.14. The molecule has 2 fully saturated rings. The number of carbonyl (C=O) groups is 1. The fourth-order valence-electron chi connectivity index (χ4n) is 4.44. The van der Waals surface area contributed by atoms with E-state index in [1.54, 1.807) is 18.2 Å². The summed E-state index contributed by atoms with van der Waals surface area (Å²) in [6.07, 6.45) is -0.897. The number of halogens is 3. The fraction of sp³-hybridized carbons (Fsp3) is 0.458. The predicted molar refractivity (Wildman–Crippen MR) is 137 cm³/mol. The second kappa shape index (κ2) is 12.0. The predicted octanol–water partition coefficient (Wildman–Crippen LogP) is 3.65. The van der Waals surface area contributed by atoms with Crippen LogP contribution in [0.1, 0.15) is 24.8 Å². The molecule has 0 bridgehead atoms. The zero-order valence-corrected chi connectivity index (χ0v) is 22.4. The lowest BCUT2D eigenvalue weighted by Gasteiger charge is -2.43. The Labute approximate surface area is 225 Å². The van der Waals surface area contributed by atoms with Crippen LogP contribution in [-0.4, -0.2) is 67.8 Å². The molecule has 2 N–H and O–H groups in total. The standard InChI is InChI=1S/C24H27Cl3N2O6S/c25-16-2-5-19(6-3-16)36(32,33)29-12-17(30)13-34-14-23-22(29)8-4-18(35-23)10-24(31)28-11-15-1-7-20(26)21(27)9-15/h1-3,5-7,9,17-18,22-23,30H,4,8,10-14H2,(H,28,31)/t17-,18+,22+,23-/m1/s1. The summed E-state index contributed by atoms with van der Waals surface area (Å²) in [5, 5.41) is 14.5. The van der Waals surface area contributed by atoms with Gasteiger partial charge < -0.3 is 19.9 Å². The first-order valence-electron chi connectivity index (χ1n) is 11.5. The van der Waals surface area contributed by atoms with Gasteiger partial charge >= 0.3 is 0 Å². The number of aliphatic hydroxyl groups excluding tert-OH is 1. The molecule has 2 aliphatic rings. The number of amides is 1. The van der Waals surface area contributed by atoms with Crippen LogP contribution in [0.25, 0.3) is 0 Å². The number of rotatable bonds is 6. The highest BCUT2D eigenvalue weighted by atomic mass is 35.5. The average molecular weight is 578 g/mol. The van der Waals surface area contributed by atoms with Crippen molar-refractivity contribution < 1.29 is 27.8 Å². The molecule has 0 radical (unpaired) electrons. The summed E-state index contributed by atoms with van der Waals surface area (Å²) in [4.78, 5) is 12.7. The van der Waals surface area contributed by atoms with Crippen LogP contribution >= 0.6 is 34.8 Å². The van der Waals surface area contributed by atoms with Gasteiger partial charge in [0.15, 0.2) is 0 Å². The van der Waals surface area contributed by atoms with Crippen LogP contribution in [0, 0.1) is 0 Å². The number of hydrogen-bond donors (Lipinski definition) is 2. The minimum absolute atomic E-state index is 0.0198. The van der Waals surface area contributed by atoms with Crippen LogP contribution in [0.2, 0.25) is 15.1 Å². The second-order valence-electron chi connectivity index (χ2n) is 8.89. The Kier molecular flexibility index (Phi) is 9.17. The van der Waals surface area contributed by atoms with Gasteiger partial charge in [-0.15, -0.1) is 0 Å². The van der Waals surface area contributed by atoms with E-state index >= 15 is 0 Å². The van der Waals surface area contributed by atoms with Gasteiger partial charge in [-0.2, -0.15) is 4.31 Å². The fourth-order valence-corrected chi connectivity index (χ4v) is 6.61. The molecule has 4 rings (SSSR count). The number of benzene rings is 2. The SMILES string of the molecule is O=C(C[C@@H]1CC[C@H]2[C@@H](COC[C@H](O)CN2S(=O)(=O)c2ccc(Cl)cc2)O1)NCc1ccc(Cl)c(Cl)c1. The van der Waals surface area contributed by atoms with Gasteiger partial charge in [0.2, 0.25) is 15.9 Å². The minimum atomic E-state index is -3.93. The van der Waals surface area contributed by atoms with E-state index in [4.69, 9.17) is 44.3 Å². The third kappa shape index (κ3) is 6.71. The molecule has 0 unspecified atom stereocenters. The van der Waals surface area contributed by atoms with Gasteiger partial charge in [0.1, 0.15) is 0 Å². The van der Waals surface area contributed by atoms with Gasteiger partial charge in [-0.1, -0.05) is 40.9 Å². The lowest BCUT2D eigenvalue weighted by atomic mass is 9.96. The quantitative estimate of drug-likeness (QED) is 0.543. The highest BCUT2D eigenvalue weighted by Crippen LogP contribution is 2.32. The summed E-state index contributed by atoms with van der Waals surface area (Å²) in [7, 11) is -3.93. The molecule has 36 heavy (non-hydrogen) atoms. The summed E-state index contributed by atoms with van der Waals surface area (Å²) in [5.74, 6) is -0.197. The zero-order chi connectivity index (χ0) is 25.9. The summed E-state index contributed by atoms with van der Waals surface area (Å²) < 4.78 is 40.0. The van der Waals surface area contributed by atoms with Crippen LogP contribution < -0.4 is 5.32 Å². The van der Waals surface area contributed by atoms with Crippen molar-refractivity contribution in [1.82, 2.24) is 9.62 Å². The molecule has 0 aliphatic carbocycles. The third-order valence-electron chi connectivity index (χ3n) is 6.24. The van der Waals surface area contributed by atoms with E-state index in [0.717, 1.165) is 5.56 Å². The number of β-amino-alcohol motifs (C(OH)–C–C–N with tert-alkyl or cyclic N) is 1. The molecular weight excluding hydrogens is 551 g/mol. The molecule has 0 spiro atoms. The van der Waals surface area contributed by atoms with Crippen LogP contribution in [0.15, 0.2) is 47.4 Å². The Morgan fingerprint density at radius 2 is 1.81 bits per heavy atom. The first-order valence-corrected chi connectivity index (χ1v) is 14.1. The van der Waals surface area contributed by atoms with Crippen molar-refractivity contribution in [3.05, 3.63) is 63.1 Å². The normalized spacial score (nSPS) is 25.4. The lowest BCUT2D eigenvalue weighted by molar-refractivity contribution is -0.146. The molecule has 196 valence electrons. The molecule has 0 aromatic heterocycles. The van der Waals surface area contributed by atoms with E-state index in [1.165, 1.54) is 28.6 Å². The Morgan fingerprint density at radius 1 is 1.06 bits per heavy atom. The molecule has 2 heterocycles. The zero-order valence-electron chi connectivity index (χ0n) is 19.3. The Morgan fingerprint density at radius 3 is 2.53 bits per heavy atom. The smallest absolute Gasteiger partial charge is 0.243 e. The van der Waals surface area contributed by atoms with E-state index in [9.17, 15) is 18.3 Å². The van der Waals surface area contributed by atoms with Crippen LogP contribution in [-0.2, 0) is 30.8 Å². The molecule has 4 atom stereocenters. The number of hydrogen-bond acceptors (Lipinski definition) is 6. The van der Waals surface area contributed by atoms with Crippen molar-refractivity contribution in [3.8, 4) is 0 Å². The van der Waals surface area contributed by atoms with Gasteiger partial charge in [-0.25, -0.2) is 8.42 Å². The largest absolute Gasteiger partial charge is 0.389 e. The van der Waals surface area contributed by atoms with Crippen LogP contribution in [0.5, 0.6) is 0 Å². The summed E-state index contributed by atoms with van der Waals surface area (Å²) >= 11 is 17.9. The van der Waals surface area contributed by atoms with E-state index in [0.29, 0.717) is 34.5 Å². The summed E-state index contributed by atoms with van der Waals surface area (Å²) in [6.45, 7) is 0.261. The van der Waals surface area contributed by atoms with Gasteiger partial charge in [-0.3, -0.25) is 4.79 Å². The Bertz CT molecular complexity index is 1180. The van der Waals surface area contributed by atoms with Crippen molar-refractivity contribution in [2.24, 2.45) is 0 Å². The molecule has 8 nitrogen and oxygen atoms in total. The van der Waals surface area contributed by atoms with E-state index in [1.807, 2.05) is 0 Å². The van der Waals surface area contributed by atoms with Gasteiger partial charge in [-0.05, 0) is 54.8 Å². The van der Waals surface area contributed by atoms with Gasteiger partial charge in [0, 0.05) is 18.1 Å². The maximum Gasteiger partial charge on any atom is 0.243 e. The van der Waals surface area contributed by atoms with Crippen LogP contribution in [0.3, 0.4) is 0 Å².